The van der Waals surface area contributed by atoms with Crippen LogP contribution in [0.3, 0.4) is 0 Å². The number of carboxylic acids is 1. The minimum atomic E-state index is -1.36. The Kier molecular flexibility index (Phi) is 4.90. The molecule has 1 fully saturated rings. The van der Waals surface area contributed by atoms with Crippen LogP contribution in [0.4, 0.5) is 8.78 Å². The van der Waals surface area contributed by atoms with Crippen LogP contribution in [0.5, 0.6) is 0 Å². The monoisotopic (exact) mass is 468 g/mol. The van der Waals surface area contributed by atoms with Gasteiger partial charge in [0, 0.05) is 0 Å². The minimum Gasteiger partial charge on any atom is -0.478 e. The fourth-order valence-corrected chi connectivity index (χ4v) is 4.32. The zero-order valence-corrected chi connectivity index (χ0v) is 17.6. The summed E-state index contributed by atoms with van der Waals surface area (Å²) in [5.74, 6) is -3.86. The summed E-state index contributed by atoms with van der Waals surface area (Å²) in [5.41, 5.74) is -1.24. The van der Waals surface area contributed by atoms with E-state index in [4.69, 9.17) is 16.7 Å². The maximum absolute atomic E-state index is 14.9. The summed E-state index contributed by atoms with van der Waals surface area (Å²) in [5, 5.41) is 9.25. The van der Waals surface area contributed by atoms with Crippen LogP contribution in [-0.2, 0) is 0 Å². The van der Waals surface area contributed by atoms with Gasteiger partial charge in [-0.1, -0.05) is 29.8 Å². The number of fused-ring (bicyclic) bond motifs is 1. The fraction of sp³-hybridized carbons (Fsp3) is 0.125. The summed E-state index contributed by atoms with van der Waals surface area (Å²) in [7, 11) is 0. The molecule has 33 heavy (non-hydrogen) atoms. The van der Waals surface area contributed by atoms with E-state index in [1.165, 1.54) is 18.2 Å². The summed E-state index contributed by atoms with van der Waals surface area (Å²) in [6.07, 6.45) is 1.76. The first-order valence-electron chi connectivity index (χ1n) is 10.1. The molecular weight excluding hydrogens is 454 g/mol. The van der Waals surface area contributed by atoms with Crippen LogP contribution in [0.25, 0.3) is 16.7 Å². The van der Waals surface area contributed by atoms with Gasteiger partial charge >= 0.3 is 11.7 Å². The molecule has 1 N–H and O–H groups in total. The Hall–Kier alpha value is -3.78. The molecule has 1 aliphatic rings. The zero-order valence-electron chi connectivity index (χ0n) is 16.9. The summed E-state index contributed by atoms with van der Waals surface area (Å²) < 4.78 is 31.3. The van der Waals surface area contributed by atoms with Gasteiger partial charge in [0.15, 0.2) is 0 Å². The summed E-state index contributed by atoms with van der Waals surface area (Å²) in [4.78, 5) is 38.2. The number of aromatic carboxylic acids is 1. The van der Waals surface area contributed by atoms with Gasteiger partial charge in [0.1, 0.15) is 17.2 Å². The third kappa shape index (κ3) is 3.34. The number of aromatic nitrogens is 2. The van der Waals surface area contributed by atoms with Crippen molar-refractivity contribution in [3.63, 3.8) is 0 Å². The molecule has 1 heterocycles. The Labute approximate surface area is 190 Å². The molecule has 1 saturated carbocycles. The normalized spacial score (nSPS) is 13.4. The molecule has 0 amide bonds. The summed E-state index contributed by atoms with van der Waals surface area (Å²) >= 11 is 6.34. The third-order valence-electron chi connectivity index (χ3n) is 5.73. The number of para-hydroxylation sites is 1. The lowest BCUT2D eigenvalue weighted by molar-refractivity contribution is 0.0696. The van der Waals surface area contributed by atoms with Crippen LogP contribution in [0.15, 0.2) is 59.4 Å². The number of halogens is 3. The topological polar surface area (TPSA) is 81.3 Å². The van der Waals surface area contributed by atoms with E-state index in [0.29, 0.717) is 5.56 Å². The molecule has 3 aromatic carbocycles. The van der Waals surface area contributed by atoms with Gasteiger partial charge in [-0.2, -0.15) is 0 Å². The summed E-state index contributed by atoms with van der Waals surface area (Å²) in [6.45, 7) is 0. The van der Waals surface area contributed by atoms with E-state index in [0.717, 1.165) is 46.2 Å². The molecule has 4 aromatic rings. The zero-order chi connectivity index (χ0) is 23.4. The van der Waals surface area contributed by atoms with Crippen molar-refractivity contribution in [2.45, 2.75) is 18.8 Å². The number of imidazole rings is 1. The second-order valence-corrected chi connectivity index (χ2v) is 8.22. The van der Waals surface area contributed by atoms with Crippen LogP contribution in [0.2, 0.25) is 5.02 Å². The molecule has 0 bridgehead atoms. The predicted molar refractivity (Wildman–Crippen MR) is 118 cm³/mol. The molecule has 0 aliphatic heterocycles. The number of carbonyl (C=O) groups excluding carboxylic acids is 1. The molecule has 5 rings (SSSR count). The SMILES string of the molecule is O=C(O)c1ccc(-n2c(=O)n(C(=O)c3c(Cl)cccc3C3CC3)c3cccc(F)c32)c(F)c1. The first-order valence-corrected chi connectivity index (χ1v) is 10.5. The Morgan fingerprint density at radius 3 is 2.39 bits per heavy atom. The molecule has 0 spiro atoms. The molecule has 0 radical (unpaired) electrons. The van der Waals surface area contributed by atoms with Crippen molar-refractivity contribution in [2.75, 3.05) is 0 Å². The first kappa shape index (κ1) is 21.1. The Morgan fingerprint density at radius 1 is 1.00 bits per heavy atom. The molecule has 9 heteroatoms. The first-order chi connectivity index (χ1) is 15.8. The van der Waals surface area contributed by atoms with Crippen molar-refractivity contribution in [3.05, 3.63) is 98.4 Å². The highest BCUT2D eigenvalue weighted by atomic mass is 35.5. The van der Waals surface area contributed by atoms with E-state index in [1.807, 2.05) is 0 Å². The minimum absolute atomic E-state index is 0.0617. The van der Waals surface area contributed by atoms with Crippen molar-refractivity contribution in [1.29, 1.82) is 0 Å². The van der Waals surface area contributed by atoms with E-state index in [-0.39, 0.29) is 38.8 Å². The number of carbonyl (C=O) groups is 2. The van der Waals surface area contributed by atoms with Gasteiger partial charge in [-0.05, 0) is 60.7 Å². The molecule has 1 aromatic heterocycles. The van der Waals surface area contributed by atoms with Crippen LogP contribution in [0.1, 0.15) is 45.0 Å². The van der Waals surface area contributed by atoms with Gasteiger partial charge in [-0.3, -0.25) is 9.36 Å². The van der Waals surface area contributed by atoms with Crippen molar-refractivity contribution in [2.24, 2.45) is 0 Å². The van der Waals surface area contributed by atoms with Crippen molar-refractivity contribution in [1.82, 2.24) is 9.13 Å². The fourth-order valence-electron chi connectivity index (χ4n) is 4.06. The average molecular weight is 469 g/mol. The highest BCUT2D eigenvalue weighted by Gasteiger charge is 2.32. The van der Waals surface area contributed by atoms with Crippen LogP contribution < -0.4 is 5.69 Å². The van der Waals surface area contributed by atoms with Gasteiger partial charge in [-0.25, -0.2) is 22.9 Å². The van der Waals surface area contributed by atoms with E-state index >= 15 is 0 Å². The van der Waals surface area contributed by atoms with Gasteiger partial charge < -0.3 is 5.11 Å². The van der Waals surface area contributed by atoms with Crippen LogP contribution >= 0.6 is 11.6 Å². The molecule has 0 saturated heterocycles. The maximum Gasteiger partial charge on any atom is 0.341 e. The van der Waals surface area contributed by atoms with E-state index in [9.17, 15) is 23.2 Å². The van der Waals surface area contributed by atoms with E-state index in [1.54, 1.807) is 12.1 Å². The lowest BCUT2D eigenvalue weighted by atomic mass is 10.0. The molecule has 166 valence electrons. The number of rotatable bonds is 4. The quantitative estimate of drug-likeness (QED) is 0.457. The van der Waals surface area contributed by atoms with Crippen LogP contribution in [0, 0.1) is 11.6 Å². The Morgan fingerprint density at radius 2 is 1.73 bits per heavy atom. The third-order valence-corrected chi connectivity index (χ3v) is 6.04. The van der Waals surface area contributed by atoms with Gasteiger partial charge in [-0.15, -0.1) is 0 Å². The number of carboxylic acid groups (broad SMARTS) is 1. The lowest BCUT2D eigenvalue weighted by Crippen LogP contribution is -2.30. The largest absolute Gasteiger partial charge is 0.478 e. The van der Waals surface area contributed by atoms with E-state index < -0.39 is 29.2 Å². The second-order valence-electron chi connectivity index (χ2n) is 7.82. The standard InChI is InChI=1S/C24H15ClF2N2O4/c25-15-4-1-3-14(12-7-8-12)20(15)22(30)29-19-6-2-5-16(26)21(19)28(24(29)33)18-10-9-13(23(31)32)11-17(18)27/h1-6,9-12H,7-8H2,(H,31,32). The van der Waals surface area contributed by atoms with Crippen molar-refractivity contribution >= 4 is 34.5 Å². The average Bonchev–Trinajstić information content (AvgIpc) is 3.57. The van der Waals surface area contributed by atoms with Gasteiger partial charge in [0.05, 0.1) is 27.4 Å². The smallest absolute Gasteiger partial charge is 0.341 e. The molecule has 0 unspecified atom stereocenters. The second kappa shape index (κ2) is 7.67. The predicted octanol–water partition coefficient (Wildman–Crippen LogP) is 4.99. The molecule has 6 nitrogen and oxygen atoms in total. The number of nitrogens with zero attached hydrogens (tertiary/aromatic N) is 2. The Balaban J connectivity index is 1.80. The molecule has 0 atom stereocenters. The van der Waals surface area contributed by atoms with Crippen LogP contribution in [-0.4, -0.2) is 26.1 Å². The van der Waals surface area contributed by atoms with Gasteiger partial charge in [0.2, 0.25) is 0 Å². The van der Waals surface area contributed by atoms with Crippen molar-refractivity contribution < 1.29 is 23.5 Å². The lowest BCUT2D eigenvalue weighted by Gasteiger charge is -2.10. The highest BCUT2D eigenvalue weighted by molar-refractivity contribution is 6.34. The highest BCUT2D eigenvalue weighted by Crippen LogP contribution is 2.43. The van der Waals surface area contributed by atoms with Crippen molar-refractivity contribution in [3.8, 4) is 5.69 Å². The summed E-state index contributed by atoms with van der Waals surface area (Å²) in [6, 6.07) is 11.7. The maximum atomic E-state index is 14.9. The number of hydrogen-bond donors (Lipinski definition) is 1. The number of hydrogen-bond acceptors (Lipinski definition) is 3. The van der Waals surface area contributed by atoms with E-state index in [2.05, 4.69) is 0 Å². The molecular formula is C24H15ClF2N2O4. The Bertz CT molecular complexity index is 1540. The molecule has 1 aliphatic carbocycles. The number of benzene rings is 3. The van der Waals surface area contributed by atoms with Gasteiger partial charge in [0.25, 0.3) is 5.91 Å².